The van der Waals surface area contributed by atoms with E-state index < -0.39 is 10.8 Å². The van der Waals surface area contributed by atoms with Crippen LogP contribution < -0.4 is 14.8 Å². The molecule has 1 aliphatic heterocycles. The van der Waals surface area contributed by atoms with E-state index in [1.54, 1.807) is 6.26 Å². The summed E-state index contributed by atoms with van der Waals surface area (Å²) in [4.78, 5) is 0. The molecule has 2 rings (SSSR count). The first kappa shape index (κ1) is 14.8. The summed E-state index contributed by atoms with van der Waals surface area (Å²) in [5.74, 6) is 2.33. The molecule has 0 spiro atoms. The van der Waals surface area contributed by atoms with Crippen LogP contribution in [0.4, 0.5) is 0 Å². The lowest BCUT2D eigenvalue weighted by Gasteiger charge is -2.20. The van der Waals surface area contributed by atoms with Crippen LogP contribution in [0.3, 0.4) is 0 Å². The molecule has 0 radical (unpaired) electrons. The first-order valence-electron chi connectivity index (χ1n) is 6.25. The van der Waals surface area contributed by atoms with Gasteiger partial charge in [-0.25, -0.2) is 0 Å². The molecule has 6 heteroatoms. The van der Waals surface area contributed by atoms with Crippen molar-refractivity contribution in [1.29, 1.82) is 0 Å². The van der Waals surface area contributed by atoms with Crippen molar-refractivity contribution in [2.24, 2.45) is 0 Å². The van der Waals surface area contributed by atoms with E-state index in [4.69, 9.17) is 9.47 Å². The predicted octanol–water partition coefficient (Wildman–Crippen LogP) is 2.08. The van der Waals surface area contributed by atoms with Crippen LogP contribution in [-0.4, -0.2) is 36.0 Å². The smallest absolute Gasteiger partial charge is 0.175 e. The highest BCUT2D eigenvalue weighted by atomic mass is 79.9. The molecule has 4 nitrogen and oxygen atoms in total. The Kier molecular flexibility index (Phi) is 5.66. The standard InChI is InChI=1S/C13H18BrNO3S/c1-19(16)6-2-3-15-9-10-7-11(14)13-12(8-10)17-4-5-18-13/h7-8,15H,2-6,9H2,1H3. The molecule has 0 saturated carbocycles. The fraction of sp³-hybridized carbons (Fsp3) is 0.538. The van der Waals surface area contributed by atoms with Gasteiger partial charge >= 0.3 is 0 Å². The van der Waals surface area contributed by atoms with Crippen LogP contribution in [0.25, 0.3) is 0 Å². The number of ether oxygens (including phenoxy) is 2. The molecule has 0 amide bonds. The van der Waals surface area contributed by atoms with Gasteiger partial charge in [0.25, 0.3) is 0 Å². The van der Waals surface area contributed by atoms with E-state index in [-0.39, 0.29) is 0 Å². The molecule has 19 heavy (non-hydrogen) atoms. The Morgan fingerprint density at radius 3 is 2.95 bits per heavy atom. The van der Waals surface area contributed by atoms with E-state index in [1.807, 2.05) is 12.1 Å². The minimum absolute atomic E-state index is 0.595. The number of fused-ring (bicyclic) bond motifs is 1. The van der Waals surface area contributed by atoms with Crippen LogP contribution >= 0.6 is 15.9 Å². The van der Waals surface area contributed by atoms with Crippen molar-refractivity contribution in [3.05, 3.63) is 22.2 Å². The van der Waals surface area contributed by atoms with Crippen molar-refractivity contribution in [1.82, 2.24) is 5.32 Å². The highest BCUT2D eigenvalue weighted by Gasteiger charge is 2.15. The topological polar surface area (TPSA) is 47.6 Å². The summed E-state index contributed by atoms with van der Waals surface area (Å²) in [6.45, 7) is 2.83. The van der Waals surface area contributed by atoms with Gasteiger partial charge in [0.15, 0.2) is 11.5 Å². The molecular weight excluding hydrogens is 330 g/mol. The van der Waals surface area contributed by atoms with Gasteiger partial charge in [-0.1, -0.05) is 0 Å². The molecule has 1 aromatic carbocycles. The number of hydrogen-bond acceptors (Lipinski definition) is 4. The molecule has 1 aromatic rings. The third-order valence-corrected chi connectivity index (χ3v) is 4.22. The predicted molar refractivity (Wildman–Crippen MR) is 80.4 cm³/mol. The van der Waals surface area contributed by atoms with Crippen molar-refractivity contribution in [2.45, 2.75) is 13.0 Å². The van der Waals surface area contributed by atoms with Crippen molar-refractivity contribution in [3.63, 3.8) is 0 Å². The first-order valence-corrected chi connectivity index (χ1v) is 8.77. The van der Waals surface area contributed by atoms with E-state index >= 15 is 0 Å². The summed E-state index contributed by atoms with van der Waals surface area (Å²) in [5.41, 5.74) is 1.15. The van der Waals surface area contributed by atoms with Crippen molar-refractivity contribution >= 4 is 26.7 Å². The highest BCUT2D eigenvalue weighted by Crippen LogP contribution is 2.38. The Labute approximate surface area is 124 Å². The molecule has 1 heterocycles. The zero-order valence-corrected chi connectivity index (χ0v) is 13.3. The van der Waals surface area contributed by atoms with Crippen molar-refractivity contribution in [2.75, 3.05) is 31.8 Å². The average Bonchev–Trinajstić information content (AvgIpc) is 2.38. The molecule has 0 aliphatic carbocycles. The van der Waals surface area contributed by atoms with Gasteiger partial charge in [0.2, 0.25) is 0 Å². The van der Waals surface area contributed by atoms with Gasteiger partial charge in [0.1, 0.15) is 13.2 Å². The normalized spacial score (nSPS) is 15.3. The highest BCUT2D eigenvalue weighted by molar-refractivity contribution is 9.10. The molecule has 1 N–H and O–H groups in total. The van der Waals surface area contributed by atoms with Gasteiger partial charge in [-0.15, -0.1) is 0 Å². The fourth-order valence-corrected chi connectivity index (χ4v) is 3.05. The van der Waals surface area contributed by atoms with Crippen LogP contribution in [0.1, 0.15) is 12.0 Å². The lowest BCUT2D eigenvalue weighted by atomic mass is 10.2. The van der Waals surface area contributed by atoms with Gasteiger partial charge in [-0.05, 0) is 46.6 Å². The second-order valence-corrected chi connectivity index (χ2v) is 6.82. The molecule has 106 valence electrons. The van der Waals surface area contributed by atoms with Gasteiger partial charge < -0.3 is 14.8 Å². The zero-order valence-electron chi connectivity index (χ0n) is 10.9. The molecule has 0 aromatic heterocycles. The maximum Gasteiger partial charge on any atom is 0.175 e. The number of benzene rings is 1. The van der Waals surface area contributed by atoms with Crippen molar-refractivity contribution < 1.29 is 13.7 Å². The molecule has 1 aliphatic rings. The number of hydrogen-bond donors (Lipinski definition) is 1. The zero-order chi connectivity index (χ0) is 13.7. The van der Waals surface area contributed by atoms with Crippen LogP contribution in [-0.2, 0) is 17.3 Å². The van der Waals surface area contributed by atoms with E-state index in [9.17, 15) is 4.21 Å². The minimum Gasteiger partial charge on any atom is -0.486 e. The summed E-state index contributed by atoms with van der Waals surface area (Å²) in [5, 5.41) is 3.34. The summed E-state index contributed by atoms with van der Waals surface area (Å²) in [7, 11) is -0.703. The first-order chi connectivity index (χ1) is 9.16. The Morgan fingerprint density at radius 1 is 1.37 bits per heavy atom. The SMILES string of the molecule is CS(=O)CCCNCc1cc(Br)c2c(c1)OCCO2. The fourth-order valence-electron chi connectivity index (χ4n) is 1.90. The monoisotopic (exact) mass is 347 g/mol. The summed E-state index contributed by atoms with van der Waals surface area (Å²) in [6, 6.07) is 4.04. The number of halogens is 1. The van der Waals surface area contributed by atoms with Crippen molar-refractivity contribution in [3.8, 4) is 11.5 Å². The minimum atomic E-state index is -0.703. The molecular formula is C13H18BrNO3S. The quantitative estimate of drug-likeness (QED) is 0.800. The Bertz CT molecular complexity index is 467. The molecule has 0 fully saturated rings. The van der Waals surface area contributed by atoms with E-state index in [0.29, 0.717) is 13.2 Å². The third kappa shape index (κ3) is 4.47. The number of nitrogens with one attached hydrogen (secondary N) is 1. The van der Waals surface area contributed by atoms with Crippen LogP contribution in [0, 0.1) is 0 Å². The maximum atomic E-state index is 10.9. The lowest BCUT2D eigenvalue weighted by molar-refractivity contribution is 0.170. The average molecular weight is 348 g/mol. The second kappa shape index (κ2) is 7.26. The summed E-state index contributed by atoms with van der Waals surface area (Å²) < 4.78 is 23.0. The van der Waals surface area contributed by atoms with Crippen LogP contribution in [0.15, 0.2) is 16.6 Å². The van der Waals surface area contributed by atoms with Gasteiger partial charge in [-0.2, -0.15) is 0 Å². The maximum absolute atomic E-state index is 10.9. The van der Waals surface area contributed by atoms with E-state index in [0.717, 1.165) is 46.8 Å². The Morgan fingerprint density at radius 2 is 2.16 bits per heavy atom. The number of rotatable bonds is 6. The molecule has 0 bridgehead atoms. The molecule has 1 atom stereocenters. The van der Waals surface area contributed by atoms with Gasteiger partial charge in [-0.3, -0.25) is 4.21 Å². The Hall–Kier alpha value is -0.590. The third-order valence-electron chi connectivity index (χ3n) is 2.77. The summed E-state index contributed by atoms with van der Waals surface area (Å²) in [6.07, 6.45) is 2.66. The van der Waals surface area contributed by atoms with E-state index in [1.165, 1.54) is 0 Å². The largest absolute Gasteiger partial charge is 0.486 e. The molecule has 0 saturated heterocycles. The van der Waals surface area contributed by atoms with Crippen LogP contribution in [0.2, 0.25) is 0 Å². The Balaban J connectivity index is 1.87. The van der Waals surface area contributed by atoms with E-state index in [2.05, 4.69) is 21.2 Å². The van der Waals surface area contributed by atoms with Gasteiger partial charge in [0.05, 0.1) is 4.47 Å². The lowest BCUT2D eigenvalue weighted by Crippen LogP contribution is -2.18. The second-order valence-electron chi connectivity index (χ2n) is 4.41. The van der Waals surface area contributed by atoms with Crippen LogP contribution in [0.5, 0.6) is 11.5 Å². The van der Waals surface area contributed by atoms with Gasteiger partial charge in [0, 0.05) is 29.4 Å². The molecule has 1 unspecified atom stereocenters. The summed E-state index contributed by atoms with van der Waals surface area (Å²) >= 11 is 3.50.